The summed E-state index contributed by atoms with van der Waals surface area (Å²) in [5.41, 5.74) is 1.79. The first kappa shape index (κ1) is 12.0. The van der Waals surface area contributed by atoms with Crippen molar-refractivity contribution in [1.29, 1.82) is 0 Å². The SMILES string of the molecule is CC1(C)CCCC(O)(c2cccc3c2OCC3)C1. The molecule has 1 aliphatic carbocycles. The van der Waals surface area contributed by atoms with Crippen molar-refractivity contribution >= 4 is 0 Å². The van der Waals surface area contributed by atoms with E-state index in [1.54, 1.807) is 0 Å². The van der Waals surface area contributed by atoms with Crippen LogP contribution in [-0.4, -0.2) is 11.7 Å². The van der Waals surface area contributed by atoms with Crippen molar-refractivity contribution in [2.24, 2.45) is 5.41 Å². The molecule has 0 amide bonds. The zero-order valence-corrected chi connectivity index (χ0v) is 11.3. The number of rotatable bonds is 1. The van der Waals surface area contributed by atoms with Crippen LogP contribution in [0.2, 0.25) is 0 Å². The van der Waals surface area contributed by atoms with Crippen molar-refractivity contribution in [2.45, 2.75) is 51.6 Å². The molecule has 1 atom stereocenters. The average Bonchev–Trinajstić information content (AvgIpc) is 2.74. The van der Waals surface area contributed by atoms with Crippen LogP contribution in [0.1, 0.15) is 50.7 Å². The third-order valence-electron chi connectivity index (χ3n) is 4.43. The highest BCUT2D eigenvalue weighted by Crippen LogP contribution is 2.49. The molecule has 1 heterocycles. The number of hydrogen-bond donors (Lipinski definition) is 1. The van der Waals surface area contributed by atoms with Crippen molar-refractivity contribution < 1.29 is 9.84 Å². The molecule has 2 aliphatic rings. The topological polar surface area (TPSA) is 29.5 Å². The Labute approximate surface area is 109 Å². The molecule has 1 N–H and O–H groups in total. The highest BCUT2D eigenvalue weighted by molar-refractivity contribution is 5.47. The third-order valence-corrected chi connectivity index (χ3v) is 4.43. The minimum atomic E-state index is -0.697. The highest BCUT2D eigenvalue weighted by atomic mass is 16.5. The fourth-order valence-electron chi connectivity index (χ4n) is 3.64. The van der Waals surface area contributed by atoms with Gasteiger partial charge in [0.2, 0.25) is 0 Å². The normalized spacial score (nSPS) is 29.7. The molecule has 98 valence electrons. The number of fused-ring (bicyclic) bond motifs is 1. The molecule has 1 unspecified atom stereocenters. The summed E-state index contributed by atoms with van der Waals surface area (Å²) in [6.45, 7) is 5.26. The van der Waals surface area contributed by atoms with E-state index in [-0.39, 0.29) is 5.41 Å². The summed E-state index contributed by atoms with van der Waals surface area (Å²) in [5.74, 6) is 0.956. The first-order valence-corrected chi connectivity index (χ1v) is 6.98. The fraction of sp³-hybridized carbons (Fsp3) is 0.625. The predicted octanol–water partition coefficient (Wildman–Crippen LogP) is 3.41. The smallest absolute Gasteiger partial charge is 0.128 e. The van der Waals surface area contributed by atoms with Crippen LogP contribution in [0.3, 0.4) is 0 Å². The Morgan fingerprint density at radius 1 is 1.22 bits per heavy atom. The maximum atomic E-state index is 11.1. The van der Waals surface area contributed by atoms with E-state index in [0.717, 1.165) is 43.6 Å². The van der Waals surface area contributed by atoms with Crippen LogP contribution >= 0.6 is 0 Å². The Morgan fingerprint density at radius 2 is 2.06 bits per heavy atom. The van der Waals surface area contributed by atoms with Gasteiger partial charge in [-0.2, -0.15) is 0 Å². The lowest BCUT2D eigenvalue weighted by Gasteiger charge is -2.42. The molecule has 0 aromatic heterocycles. The summed E-state index contributed by atoms with van der Waals surface area (Å²) in [6.07, 6.45) is 4.96. The van der Waals surface area contributed by atoms with E-state index < -0.39 is 5.60 Å². The van der Waals surface area contributed by atoms with Gasteiger partial charge in [0.05, 0.1) is 12.2 Å². The molecule has 1 saturated carbocycles. The molecule has 1 aromatic carbocycles. The Hall–Kier alpha value is -1.02. The maximum Gasteiger partial charge on any atom is 0.128 e. The number of ether oxygens (including phenoxy) is 1. The van der Waals surface area contributed by atoms with Crippen molar-refractivity contribution in [3.63, 3.8) is 0 Å². The summed E-state index contributed by atoms with van der Waals surface area (Å²) in [6, 6.07) is 6.22. The van der Waals surface area contributed by atoms with Crippen LogP contribution in [0.4, 0.5) is 0 Å². The molecule has 18 heavy (non-hydrogen) atoms. The molecule has 1 aromatic rings. The number of aliphatic hydroxyl groups is 1. The van der Waals surface area contributed by atoms with E-state index in [0.29, 0.717) is 0 Å². The van der Waals surface area contributed by atoms with Gasteiger partial charge in [0.1, 0.15) is 5.75 Å². The lowest BCUT2D eigenvalue weighted by atomic mass is 9.67. The van der Waals surface area contributed by atoms with Crippen LogP contribution in [-0.2, 0) is 12.0 Å². The fourth-order valence-corrected chi connectivity index (χ4v) is 3.64. The van der Waals surface area contributed by atoms with Gasteiger partial charge in [-0.05, 0) is 36.7 Å². The Balaban J connectivity index is 2.01. The molecule has 2 heteroatoms. The van der Waals surface area contributed by atoms with Crippen molar-refractivity contribution in [2.75, 3.05) is 6.61 Å². The molecule has 1 fully saturated rings. The van der Waals surface area contributed by atoms with Crippen molar-refractivity contribution in [1.82, 2.24) is 0 Å². The van der Waals surface area contributed by atoms with E-state index in [1.807, 2.05) is 6.07 Å². The second kappa shape index (κ2) is 3.99. The summed E-state index contributed by atoms with van der Waals surface area (Å²) in [7, 11) is 0. The van der Waals surface area contributed by atoms with Crippen LogP contribution in [0.15, 0.2) is 18.2 Å². The van der Waals surface area contributed by atoms with Gasteiger partial charge in [0.25, 0.3) is 0 Å². The first-order chi connectivity index (χ1) is 8.50. The monoisotopic (exact) mass is 246 g/mol. The van der Waals surface area contributed by atoms with Gasteiger partial charge in [0, 0.05) is 12.0 Å². The predicted molar refractivity (Wildman–Crippen MR) is 71.8 cm³/mol. The zero-order valence-electron chi connectivity index (χ0n) is 11.3. The number of para-hydroxylation sites is 1. The molecule has 0 spiro atoms. The summed E-state index contributed by atoms with van der Waals surface area (Å²) >= 11 is 0. The summed E-state index contributed by atoms with van der Waals surface area (Å²) in [4.78, 5) is 0. The van der Waals surface area contributed by atoms with E-state index in [4.69, 9.17) is 4.74 Å². The van der Waals surface area contributed by atoms with Crippen LogP contribution in [0.5, 0.6) is 5.75 Å². The van der Waals surface area contributed by atoms with Gasteiger partial charge < -0.3 is 9.84 Å². The summed E-state index contributed by atoms with van der Waals surface area (Å²) in [5, 5.41) is 11.1. The van der Waals surface area contributed by atoms with E-state index in [1.165, 1.54) is 12.0 Å². The van der Waals surface area contributed by atoms with Gasteiger partial charge in [-0.1, -0.05) is 32.0 Å². The lowest BCUT2D eigenvalue weighted by Crippen LogP contribution is -2.36. The van der Waals surface area contributed by atoms with E-state index in [9.17, 15) is 5.11 Å². The van der Waals surface area contributed by atoms with Gasteiger partial charge in [-0.25, -0.2) is 0 Å². The number of benzene rings is 1. The second-order valence-electron chi connectivity index (χ2n) is 6.62. The summed E-state index contributed by atoms with van der Waals surface area (Å²) < 4.78 is 5.76. The molecule has 3 rings (SSSR count). The molecular weight excluding hydrogens is 224 g/mol. The quantitative estimate of drug-likeness (QED) is 0.823. The van der Waals surface area contributed by atoms with Crippen LogP contribution in [0, 0.1) is 5.41 Å². The lowest BCUT2D eigenvalue weighted by molar-refractivity contribution is -0.0454. The van der Waals surface area contributed by atoms with Gasteiger partial charge in [-0.3, -0.25) is 0 Å². The van der Waals surface area contributed by atoms with Crippen LogP contribution < -0.4 is 4.74 Å². The van der Waals surface area contributed by atoms with Crippen molar-refractivity contribution in [3.8, 4) is 5.75 Å². The van der Waals surface area contributed by atoms with Gasteiger partial charge in [0.15, 0.2) is 0 Å². The second-order valence-corrected chi connectivity index (χ2v) is 6.62. The minimum Gasteiger partial charge on any atom is -0.493 e. The molecule has 0 bridgehead atoms. The minimum absolute atomic E-state index is 0.217. The Kier molecular flexibility index (Phi) is 2.67. The third kappa shape index (κ3) is 1.93. The highest BCUT2D eigenvalue weighted by Gasteiger charge is 2.42. The van der Waals surface area contributed by atoms with E-state index in [2.05, 4.69) is 26.0 Å². The molecule has 1 aliphatic heterocycles. The molecule has 0 saturated heterocycles. The standard InChI is InChI=1S/C16H22O2/c1-15(2)8-4-9-16(17,11-15)13-6-3-5-12-7-10-18-14(12)13/h3,5-6,17H,4,7-11H2,1-2H3. The largest absolute Gasteiger partial charge is 0.493 e. The van der Waals surface area contributed by atoms with E-state index >= 15 is 0 Å². The molecular formula is C16H22O2. The van der Waals surface area contributed by atoms with Gasteiger partial charge >= 0.3 is 0 Å². The molecule has 2 nitrogen and oxygen atoms in total. The number of hydrogen-bond acceptors (Lipinski definition) is 2. The maximum absolute atomic E-state index is 11.1. The van der Waals surface area contributed by atoms with Gasteiger partial charge in [-0.15, -0.1) is 0 Å². The average molecular weight is 246 g/mol. The van der Waals surface area contributed by atoms with Crippen molar-refractivity contribution in [3.05, 3.63) is 29.3 Å². The molecule has 0 radical (unpaired) electrons. The Morgan fingerprint density at radius 3 is 2.83 bits per heavy atom. The zero-order chi connectivity index (χ0) is 12.8. The Bertz CT molecular complexity index is 464. The van der Waals surface area contributed by atoms with Crippen LogP contribution in [0.25, 0.3) is 0 Å². The first-order valence-electron chi connectivity index (χ1n) is 6.98.